The van der Waals surface area contributed by atoms with Crippen LogP contribution in [0.5, 0.6) is 23.0 Å². The molecule has 3 aromatic rings. The smallest absolute Gasteiger partial charge is 0.273 e. The summed E-state index contributed by atoms with van der Waals surface area (Å²) in [5.41, 5.74) is 3.59. The number of nitrogens with zero attached hydrogens (tertiary/aromatic N) is 2. The molecule has 1 unspecified atom stereocenters. The maximum atomic E-state index is 13.2. The maximum absolute atomic E-state index is 13.2. The Labute approximate surface area is 180 Å². The maximum Gasteiger partial charge on any atom is 0.273 e. The number of carbonyl (C=O) groups excluding carboxylic acids is 1. The zero-order valence-corrected chi connectivity index (χ0v) is 17.9. The third-order valence-electron chi connectivity index (χ3n) is 5.51. The molecular weight excluding hydrogens is 398 g/mol. The molecule has 162 valence electrons. The van der Waals surface area contributed by atoms with E-state index in [9.17, 15) is 9.90 Å². The first-order chi connectivity index (χ1) is 15.0. The zero-order chi connectivity index (χ0) is 22.1. The van der Waals surface area contributed by atoms with Gasteiger partial charge in [-0.05, 0) is 48.4 Å². The molecule has 0 fully saturated rings. The van der Waals surface area contributed by atoms with Crippen molar-refractivity contribution in [1.29, 1.82) is 0 Å². The Morgan fingerprint density at radius 2 is 1.71 bits per heavy atom. The standard InChI is InChI=1S/C23H25N3O5/c1-5-10-26-21(14-11-16(30-3)22(27)17(12-14)31-4)18-19(24-25-20(18)23(26)28)13-6-8-15(29-2)9-7-13/h6-9,11-12,21,27H,5,10H2,1-4H3,(H,24,25). The van der Waals surface area contributed by atoms with E-state index >= 15 is 0 Å². The van der Waals surface area contributed by atoms with Crippen LogP contribution in [0.15, 0.2) is 36.4 Å². The summed E-state index contributed by atoms with van der Waals surface area (Å²) >= 11 is 0. The quantitative estimate of drug-likeness (QED) is 0.601. The molecule has 0 saturated carbocycles. The molecule has 0 aliphatic carbocycles. The second-order valence-electron chi connectivity index (χ2n) is 7.26. The largest absolute Gasteiger partial charge is 0.502 e. The molecule has 2 heterocycles. The number of hydrogen-bond acceptors (Lipinski definition) is 6. The summed E-state index contributed by atoms with van der Waals surface area (Å²) in [6.45, 7) is 2.59. The Bertz CT molecular complexity index is 1080. The van der Waals surface area contributed by atoms with Gasteiger partial charge in [0, 0.05) is 17.7 Å². The summed E-state index contributed by atoms with van der Waals surface area (Å²) in [7, 11) is 4.58. The molecule has 2 aromatic carbocycles. The molecule has 2 N–H and O–H groups in total. The summed E-state index contributed by atoms with van der Waals surface area (Å²) in [4.78, 5) is 15.0. The first-order valence-electron chi connectivity index (χ1n) is 10.0. The van der Waals surface area contributed by atoms with E-state index in [2.05, 4.69) is 10.2 Å². The molecule has 1 aliphatic rings. The van der Waals surface area contributed by atoms with Gasteiger partial charge in [0.25, 0.3) is 5.91 Å². The number of aromatic nitrogens is 2. The van der Waals surface area contributed by atoms with Crippen LogP contribution in [-0.4, -0.2) is 54.0 Å². The lowest BCUT2D eigenvalue weighted by Gasteiger charge is -2.26. The van der Waals surface area contributed by atoms with Crippen molar-refractivity contribution in [3.63, 3.8) is 0 Å². The highest BCUT2D eigenvalue weighted by molar-refractivity contribution is 6.00. The fourth-order valence-corrected chi connectivity index (χ4v) is 4.06. The van der Waals surface area contributed by atoms with E-state index in [0.717, 1.165) is 28.9 Å². The van der Waals surface area contributed by atoms with Crippen molar-refractivity contribution < 1.29 is 24.1 Å². The fraction of sp³-hybridized carbons (Fsp3) is 0.304. The van der Waals surface area contributed by atoms with Crippen LogP contribution in [0.1, 0.15) is 41.0 Å². The number of carbonyl (C=O) groups is 1. The number of ether oxygens (including phenoxy) is 3. The van der Waals surface area contributed by atoms with Crippen LogP contribution in [-0.2, 0) is 0 Å². The summed E-state index contributed by atoms with van der Waals surface area (Å²) in [6.07, 6.45) is 0.796. The van der Waals surface area contributed by atoms with E-state index in [4.69, 9.17) is 14.2 Å². The van der Waals surface area contributed by atoms with Crippen molar-refractivity contribution in [2.45, 2.75) is 19.4 Å². The number of H-pyrrole nitrogens is 1. The molecule has 0 bridgehead atoms. The van der Waals surface area contributed by atoms with Gasteiger partial charge in [0.2, 0.25) is 5.75 Å². The van der Waals surface area contributed by atoms with Crippen molar-refractivity contribution in [2.75, 3.05) is 27.9 Å². The third kappa shape index (κ3) is 3.34. The monoisotopic (exact) mass is 423 g/mol. The van der Waals surface area contributed by atoms with Crippen LogP contribution >= 0.6 is 0 Å². The molecular formula is C23H25N3O5. The molecule has 1 aromatic heterocycles. The van der Waals surface area contributed by atoms with Gasteiger partial charge in [-0.2, -0.15) is 5.10 Å². The Hall–Kier alpha value is -3.68. The average molecular weight is 423 g/mol. The zero-order valence-electron chi connectivity index (χ0n) is 17.9. The number of benzene rings is 2. The van der Waals surface area contributed by atoms with Gasteiger partial charge in [-0.25, -0.2) is 0 Å². The van der Waals surface area contributed by atoms with Crippen molar-refractivity contribution in [2.24, 2.45) is 0 Å². The normalized spacial score (nSPS) is 15.2. The highest BCUT2D eigenvalue weighted by Crippen LogP contribution is 2.47. The number of amides is 1. The van der Waals surface area contributed by atoms with Crippen LogP contribution < -0.4 is 14.2 Å². The minimum atomic E-state index is -0.401. The number of nitrogens with one attached hydrogen (secondary N) is 1. The summed E-state index contributed by atoms with van der Waals surface area (Å²) in [6, 6.07) is 10.6. The second kappa shape index (κ2) is 8.22. The van der Waals surface area contributed by atoms with E-state index in [1.165, 1.54) is 14.2 Å². The number of aromatic amines is 1. The van der Waals surface area contributed by atoms with Gasteiger partial charge in [-0.1, -0.05) is 6.92 Å². The van der Waals surface area contributed by atoms with E-state index < -0.39 is 6.04 Å². The topological polar surface area (TPSA) is 96.9 Å². The number of methoxy groups -OCH3 is 3. The fourth-order valence-electron chi connectivity index (χ4n) is 4.06. The van der Waals surface area contributed by atoms with Gasteiger partial charge in [-0.15, -0.1) is 0 Å². The van der Waals surface area contributed by atoms with Gasteiger partial charge in [-0.3, -0.25) is 9.89 Å². The Morgan fingerprint density at radius 1 is 1.06 bits per heavy atom. The van der Waals surface area contributed by atoms with E-state index in [1.807, 2.05) is 31.2 Å². The molecule has 4 rings (SSSR count). The SMILES string of the molecule is CCCN1C(=O)c2[nH]nc(-c3ccc(OC)cc3)c2C1c1cc(OC)c(O)c(OC)c1. The number of fused-ring (bicyclic) bond motifs is 1. The molecule has 1 atom stereocenters. The van der Waals surface area contributed by atoms with Crippen molar-refractivity contribution in [1.82, 2.24) is 15.1 Å². The Balaban J connectivity index is 1.90. The van der Waals surface area contributed by atoms with Crippen LogP contribution in [0.4, 0.5) is 0 Å². The Morgan fingerprint density at radius 3 is 2.26 bits per heavy atom. The number of phenolic OH excluding ortho intramolecular Hbond substituents is 1. The first kappa shape index (κ1) is 20.6. The van der Waals surface area contributed by atoms with Gasteiger partial charge in [0.15, 0.2) is 11.5 Å². The lowest BCUT2D eigenvalue weighted by Crippen LogP contribution is -2.30. The second-order valence-corrected chi connectivity index (χ2v) is 7.26. The minimum Gasteiger partial charge on any atom is -0.502 e. The highest BCUT2D eigenvalue weighted by Gasteiger charge is 2.42. The number of aromatic hydroxyl groups is 1. The molecule has 1 amide bonds. The third-order valence-corrected chi connectivity index (χ3v) is 5.51. The average Bonchev–Trinajstić information content (AvgIpc) is 3.34. The number of phenols is 1. The highest BCUT2D eigenvalue weighted by atomic mass is 16.5. The molecule has 31 heavy (non-hydrogen) atoms. The van der Waals surface area contributed by atoms with Crippen LogP contribution in [0.2, 0.25) is 0 Å². The van der Waals surface area contributed by atoms with Crippen LogP contribution in [0, 0.1) is 0 Å². The molecule has 8 heteroatoms. The van der Waals surface area contributed by atoms with Crippen molar-refractivity contribution >= 4 is 5.91 Å². The number of rotatable bonds is 7. The van der Waals surface area contributed by atoms with Gasteiger partial charge in [0.1, 0.15) is 11.4 Å². The van der Waals surface area contributed by atoms with E-state index in [1.54, 1.807) is 24.1 Å². The lowest BCUT2D eigenvalue weighted by molar-refractivity contribution is 0.0743. The van der Waals surface area contributed by atoms with Crippen molar-refractivity contribution in [3.05, 3.63) is 53.2 Å². The van der Waals surface area contributed by atoms with Crippen molar-refractivity contribution in [3.8, 4) is 34.3 Å². The molecule has 8 nitrogen and oxygen atoms in total. The van der Waals surface area contributed by atoms with Crippen LogP contribution in [0.25, 0.3) is 11.3 Å². The summed E-state index contributed by atoms with van der Waals surface area (Å²) < 4.78 is 16.0. The van der Waals surface area contributed by atoms with Crippen LogP contribution in [0.3, 0.4) is 0 Å². The summed E-state index contributed by atoms with van der Waals surface area (Å²) in [5.74, 6) is 1.11. The van der Waals surface area contributed by atoms with E-state index in [0.29, 0.717) is 17.9 Å². The molecule has 0 spiro atoms. The first-order valence-corrected chi connectivity index (χ1v) is 10.0. The van der Waals surface area contributed by atoms with Gasteiger partial charge >= 0.3 is 0 Å². The van der Waals surface area contributed by atoms with E-state index in [-0.39, 0.29) is 23.2 Å². The van der Waals surface area contributed by atoms with Gasteiger partial charge < -0.3 is 24.2 Å². The molecule has 0 radical (unpaired) electrons. The number of hydrogen-bond donors (Lipinski definition) is 2. The molecule has 1 aliphatic heterocycles. The Kier molecular flexibility index (Phi) is 5.46. The molecule has 0 saturated heterocycles. The minimum absolute atomic E-state index is 0.0806. The predicted molar refractivity (Wildman–Crippen MR) is 115 cm³/mol. The van der Waals surface area contributed by atoms with Gasteiger partial charge in [0.05, 0.1) is 33.1 Å². The summed E-state index contributed by atoms with van der Waals surface area (Å²) in [5, 5.41) is 17.8. The lowest BCUT2D eigenvalue weighted by atomic mass is 9.95. The predicted octanol–water partition coefficient (Wildman–Crippen LogP) is 3.76.